The second-order valence-corrected chi connectivity index (χ2v) is 5.76. The van der Waals surface area contributed by atoms with Crippen molar-refractivity contribution in [2.45, 2.75) is 12.8 Å². The van der Waals surface area contributed by atoms with E-state index in [-0.39, 0.29) is 11.6 Å². The minimum atomic E-state index is -1.12. The first kappa shape index (κ1) is 16.3. The molecule has 2 N–H and O–H groups in total. The van der Waals surface area contributed by atoms with E-state index in [1.165, 1.54) is 12.5 Å². The Morgan fingerprint density at radius 2 is 2.18 bits per heavy atom. The molecule has 1 heterocycles. The number of nitrogens with zero attached hydrogens (tertiary/aromatic N) is 1. The Kier molecular flexibility index (Phi) is 4.99. The van der Waals surface area contributed by atoms with Crippen molar-refractivity contribution < 1.29 is 19.4 Å². The summed E-state index contributed by atoms with van der Waals surface area (Å²) >= 11 is 7.04. The van der Waals surface area contributed by atoms with E-state index in [1.54, 1.807) is 25.1 Å². The number of carbonyl (C=O) groups is 2. The van der Waals surface area contributed by atoms with Crippen LogP contribution in [0.3, 0.4) is 0 Å². The van der Waals surface area contributed by atoms with Crippen molar-refractivity contribution in [3.05, 3.63) is 39.3 Å². The van der Waals surface area contributed by atoms with Crippen molar-refractivity contribution in [3.8, 4) is 5.75 Å². The Bertz CT molecular complexity index is 717. The number of carbonyl (C=O) groups excluding carboxylic acids is 1. The number of rotatable bonds is 5. The Labute approximate surface area is 135 Å². The molecule has 0 saturated carbocycles. The molecule has 22 heavy (non-hydrogen) atoms. The van der Waals surface area contributed by atoms with Gasteiger partial charge in [-0.2, -0.15) is 0 Å². The van der Waals surface area contributed by atoms with Crippen LogP contribution in [0.2, 0.25) is 5.02 Å². The van der Waals surface area contributed by atoms with E-state index in [0.717, 1.165) is 11.3 Å². The first-order valence-electron chi connectivity index (χ1n) is 6.25. The van der Waals surface area contributed by atoms with Crippen LogP contribution in [-0.2, 0) is 4.79 Å². The maximum atomic E-state index is 12.3. The number of methoxy groups -OCH3 is 1. The largest absolute Gasteiger partial charge is 0.495 e. The van der Waals surface area contributed by atoms with Crippen LogP contribution in [-0.4, -0.2) is 29.1 Å². The van der Waals surface area contributed by atoms with Crippen molar-refractivity contribution in [1.29, 1.82) is 0 Å². The van der Waals surface area contributed by atoms with Gasteiger partial charge < -0.3 is 15.2 Å². The fourth-order valence-corrected chi connectivity index (χ4v) is 2.74. The van der Waals surface area contributed by atoms with Crippen LogP contribution in [0, 0.1) is 0 Å². The zero-order chi connectivity index (χ0) is 16.3. The summed E-state index contributed by atoms with van der Waals surface area (Å²) < 4.78 is 5.16. The maximum absolute atomic E-state index is 12.3. The molecule has 0 fully saturated rings. The molecule has 0 bridgehead atoms. The maximum Gasteiger partial charge on any atom is 0.355 e. The molecule has 1 atom stereocenters. The van der Waals surface area contributed by atoms with Crippen LogP contribution in [0.25, 0.3) is 0 Å². The Hall–Kier alpha value is -2.12. The second kappa shape index (κ2) is 6.76. The monoisotopic (exact) mass is 340 g/mol. The number of carboxylic acids is 1. The van der Waals surface area contributed by atoms with E-state index in [1.807, 2.05) is 0 Å². The van der Waals surface area contributed by atoms with E-state index in [0.29, 0.717) is 21.5 Å². The molecule has 1 aromatic carbocycles. The lowest BCUT2D eigenvalue weighted by Gasteiger charge is -2.13. The summed E-state index contributed by atoms with van der Waals surface area (Å²) in [6.45, 7) is 1.65. The lowest BCUT2D eigenvalue weighted by Crippen LogP contribution is -2.19. The molecule has 2 rings (SSSR count). The minimum absolute atomic E-state index is 0.0695. The zero-order valence-electron chi connectivity index (χ0n) is 11.8. The number of anilines is 1. The highest BCUT2D eigenvalue weighted by Gasteiger charge is 2.21. The van der Waals surface area contributed by atoms with E-state index >= 15 is 0 Å². The SMILES string of the molecule is COc1ccc(Cl)cc1NC(=O)[C@H](C)c1nc(C(=O)O)cs1. The molecule has 8 heteroatoms. The molecule has 116 valence electrons. The Balaban J connectivity index is 2.17. The smallest absolute Gasteiger partial charge is 0.355 e. The number of halogens is 1. The fourth-order valence-electron chi connectivity index (χ4n) is 1.72. The number of benzene rings is 1. The summed E-state index contributed by atoms with van der Waals surface area (Å²) in [4.78, 5) is 27.0. The molecule has 0 spiro atoms. The van der Waals surface area contributed by atoms with Crippen molar-refractivity contribution in [2.24, 2.45) is 0 Å². The molecule has 6 nitrogen and oxygen atoms in total. The van der Waals surface area contributed by atoms with E-state index in [9.17, 15) is 9.59 Å². The molecule has 1 amide bonds. The lowest BCUT2D eigenvalue weighted by molar-refractivity contribution is -0.117. The third kappa shape index (κ3) is 3.55. The van der Waals surface area contributed by atoms with Gasteiger partial charge in [-0.15, -0.1) is 11.3 Å². The first-order valence-corrected chi connectivity index (χ1v) is 7.51. The number of nitrogens with one attached hydrogen (secondary N) is 1. The highest BCUT2D eigenvalue weighted by Crippen LogP contribution is 2.29. The number of aromatic nitrogens is 1. The number of amides is 1. The standard InChI is InChI=1S/C14H13ClN2O4S/c1-7(13-17-10(6-22-13)14(19)20)12(18)16-9-5-8(15)3-4-11(9)21-2/h3-7H,1-2H3,(H,16,18)(H,19,20)/t7-/m0/s1. The van der Waals surface area contributed by atoms with Crippen LogP contribution in [0.5, 0.6) is 5.75 Å². The second-order valence-electron chi connectivity index (χ2n) is 4.43. The van der Waals surface area contributed by atoms with Gasteiger partial charge in [-0.1, -0.05) is 11.6 Å². The van der Waals surface area contributed by atoms with Gasteiger partial charge in [0, 0.05) is 10.4 Å². The summed E-state index contributed by atoms with van der Waals surface area (Å²) in [6, 6.07) is 4.88. The summed E-state index contributed by atoms with van der Waals surface area (Å²) in [6.07, 6.45) is 0. The predicted molar refractivity (Wildman–Crippen MR) is 84.1 cm³/mol. The molecule has 0 radical (unpaired) electrons. The lowest BCUT2D eigenvalue weighted by atomic mass is 10.1. The first-order chi connectivity index (χ1) is 10.4. The zero-order valence-corrected chi connectivity index (χ0v) is 13.4. The van der Waals surface area contributed by atoms with Crippen LogP contribution in [0.15, 0.2) is 23.6 Å². The topological polar surface area (TPSA) is 88.5 Å². The van der Waals surface area contributed by atoms with Gasteiger partial charge >= 0.3 is 5.97 Å². The number of carboxylic acid groups (broad SMARTS) is 1. The van der Waals surface area contributed by atoms with Crippen molar-refractivity contribution in [2.75, 3.05) is 12.4 Å². The van der Waals surface area contributed by atoms with Crippen LogP contribution in [0.4, 0.5) is 5.69 Å². The highest BCUT2D eigenvalue weighted by molar-refractivity contribution is 7.10. The van der Waals surface area contributed by atoms with Gasteiger partial charge in [0.15, 0.2) is 5.69 Å². The minimum Gasteiger partial charge on any atom is -0.495 e. The van der Waals surface area contributed by atoms with Crippen molar-refractivity contribution in [3.63, 3.8) is 0 Å². The van der Waals surface area contributed by atoms with Crippen molar-refractivity contribution >= 4 is 40.5 Å². The van der Waals surface area contributed by atoms with Gasteiger partial charge in [-0.3, -0.25) is 4.79 Å². The summed E-state index contributed by atoms with van der Waals surface area (Å²) in [7, 11) is 1.49. The average Bonchev–Trinajstić information content (AvgIpc) is 2.96. The van der Waals surface area contributed by atoms with Gasteiger partial charge in [-0.05, 0) is 25.1 Å². The Morgan fingerprint density at radius 3 is 2.77 bits per heavy atom. The van der Waals surface area contributed by atoms with E-state index in [4.69, 9.17) is 21.4 Å². The quantitative estimate of drug-likeness (QED) is 0.872. The third-order valence-corrected chi connectivity index (χ3v) is 4.19. The molecule has 0 saturated heterocycles. The van der Waals surface area contributed by atoms with Gasteiger partial charge in [-0.25, -0.2) is 9.78 Å². The molecule has 2 aromatic rings. The van der Waals surface area contributed by atoms with E-state index in [2.05, 4.69) is 10.3 Å². The molecular formula is C14H13ClN2O4S. The number of hydrogen-bond acceptors (Lipinski definition) is 5. The molecule has 0 aliphatic carbocycles. The molecule has 0 aliphatic heterocycles. The summed E-state index contributed by atoms with van der Waals surface area (Å²) in [5, 5.41) is 13.9. The summed E-state index contributed by atoms with van der Waals surface area (Å²) in [5.74, 6) is -1.56. The normalized spacial score (nSPS) is 11.8. The van der Waals surface area contributed by atoms with E-state index < -0.39 is 11.9 Å². The Morgan fingerprint density at radius 1 is 1.45 bits per heavy atom. The number of hydrogen-bond donors (Lipinski definition) is 2. The van der Waals surface area contributed by atoms with Gasteiger partial charge in [0.05, 0.1) is 18.7 Å². The predicted octanol–water partition coefficient (Wildman–Crippen LogP) is 3.25. The van der Waals surface area contributed by atoms with Crippen molar-refractivity contribution in [1.82, 2.24) is 4.98 Å². The number of ether oxygens (including phenoxy) is 1. The van der Waals surface area contributed by atoms with Gasteiger partial charge in [0.2, 0.25) is 5.91 Å². The number of aromatic carboxylic acids is 1. The van der Waals surface area contributed by atoms with Crippen LogP contribution < -0.4 is 10.1 Å². The molecule has 0 aliphatic rings. The average molecular weight is 341 g/mol. The highest BCUT2D eigenvalue weighted by atomic mass is 35.5. The molecule has 1 aromatic heterocycles. The van der Waals surface area contributed by atoms with Crippen LogP contribution >= 0.6 is 22.9 Å². The van der Waals surface area contributed by atoms with Gasteiger partial charge in [0.1, 0.15) is 10.8 Å². The van der Waals surface area contributed by atoms with Gasteiger partial charge in [0.25, 0.3) is 0 Å². The molecule has 0 unspecified atom stereocenters. The summed E-state index contributed by atoms with van der Waals surface area (Å²) in [5.41, 5.74) is 0.377. The third-order valence-electron chi connectivity index (χ3n) is 2.92. The molecular weight excluding hydrogens is 328 g/mol. The van der Waals surface area contributed by atoms with Crippen LogP contribution in [0.1, 0.15) is 28.3 Å². The fraction of sp³-hybridized carbons (Fsp3) is 0.214. The number of thiazole rings is 1.